The number of rotatable bonds is 1. The second-order valence-corrected chi connectivity index (χ2v) is 2.17. The van der Waals surface area contributed by atoms with Gasteiger partial charge in [0.2, 0.25) is 0 Å². The van der Waals surface area contributed by atoms with Crippen LogP contribution in [0.25, 0.3) is 0 Å². The summed E-state index contributed by atoms with van der Waals surface area (Å²) >= 11 is 0. The summed E-state index contributed by atoms with van der Waals surface area (Å²) in [6.45, 7) is 0.944. The number of esters is 1. The van der Waals surface area contributed by atoms with E-state index in [0.29, 0.717) is 0 Å². The summed E-state index contributed by atoms with van der Waals surface area (Å²) < 4.78 is 4.53. The molecule has 1 saturated heterocycles. The fourth-order valence-electron chi connectivity index (χ4n) is 1.03. The molecule has 1 rings (SSSR count). The van der Waals surface area contributed by atoms with Crippen molar-refractivity contribution in [2.45, 2.75) is 18.9 Å². The highest BCUT2D eigenvalue weighted by atomic mass is 35.5. The molecule has 1 fully saturated rings. The van der Waals surface area contributed by atoms with E-state index in [2.05, 4.69) is 10.1 Å². The van der Waals surface area contributed by atoms with E-state index in [1.54, 1.807) is 0 Å². The van der Waals surface area contributed by atoms with Crippen LogP contribution in [0.2, 0.25) is 0 Å². The van der Waals surface area contributed by atoms with Crippen molar-refractivity contribution in [3.8, 4) is 0 Å². The molecule has 0 spiro atoms. The van der Waals surface area contributed by atoms with Gasteiger partial charge in [-0.15, -0.1) is 12.4 Å². The fourth-order valence-corrected chi connectivity index (χ4v) is 1.03. The maximum atomic E-state index is 10.7. The monoisotopic (exact) mass is 165 g/mol. The Morgan fingerprint density at radius 1 is 1.70 bits per heavy atom. The molecule has 1 heterocycles. The van der Waals surface area contributed by atoms with E-state index >= 15 is 0 Å². The van der Waals surface area contributed by atoms with Gasteiger partial charge in [-0.3, -0.25) is 4.79 Å². The molecule has 1 aliphatic heterocycles. The van der Waals surface area contributed by atoms with Gasteiger partial charge in [-0.25, -0.2) is 0 Å². The average molecular weight is 166 g/mol. The maximum Gasteiger partial charge on any atom is 0.322 e. The van der Waals surface area contributed by atoms with Crippen molar-refractivity contribution in [2.75, 3.05) is 13.7 Å². The van der Waals surface area contributed by atoms with Gasteiger partial charge in [-0.1, -0.05) is 0 Å². The lowest BCUT2D eigenvalue weighted by Gasteiger charge is -2.04. The molecule has 0 radical (unpaired) electrons. The number of hydrogen-bond acceptors (Lipinski definition) is 3. The van der Waals surface area contributed by atoms with Crippen LogP contribution >= 0.6 is 12.4 Å². The number of carbonyl (C=O) groups is 1. The Labute approximate surface area is 66.5 Å². The minimum Gasteiger partial charge on any atom is -0.468 e. The summed E-state index contributed by atoms with van der Waals surface area (Å²) in [6.07, 6.45) is 2.01. The highest BCUT2D eigenvalue weighted by Crippen LogP contribution is 2.05. The van der Waals surface area contributed by atoms with Crippen LogP contribution in [0.15, 0.2) is 0 Å². The van der Waals surface area contributed by atoms with E-state index in [4.69, 9.17) is 0 Å². The Bertz CT molecular complexity index is 112. The van der Waals surface area contributed by atoms with E-state index in [1.807, 2.05) is 0 Å². The van der Waals surface area contributed by atoms with Gasteiger partial charge < -0.3 is 10.1 Å². The molecular formula is C6H12ClNO2. The third-order valence-corrected chi connectivity index (χ3v) is 1.55. The highest BCUT2D eigenvalue weighted by Gasteiger charge is 2.21. The van der Waals surface area contributed by atoms with Crippen LogP contribution in [0.5, 0.6) is 0 Å². The molecule has 0 aromatic rings. The summed E-state index contributed by atoms with van der Waals surface area (Å²) in [4.78, 5) is 10.7. The quantitative estimate of drug-likeness (QED) is 0.570. The molecule has 10 heavy (non-hydrogen) atoms. The zero-order valence-corrected chi connectivity index (χ0v) is 6.74. The second kappa shape index (κ2) is 4.52. The Kier molecular flexibility index (Phi) is 4.40. The smallest absolute Gasteiger partial charge is 0.322 e. The average Bonchev–Trinajstić information content (AvgIpc) is 2.37. The molecule has 0 aliphatic carbocycles. The topological polar surface area (TPSA) is 38.3 Å². The Morgan fingerprint density at radius 2 is 2.40 bits per heavy atom. The van der Waals surface area contributed by atoms with Crippen molar-refractivity contribution in [1.29, 1.82) is 0 Å². The third kappa shape index (κ3) is 2.15. The van der Waals surface area contributed by atoms with Crippen LogP contribution < -0.4 is 5.32 Å². The third-order valence-electron chi connectivity index (χ3n) is 1.55. The van der Waals surface area contributed by atoms with Crippen LogP contribution in [0.3, 0.4) is 0 Å². The Balaban J connectivity index is 0.000000810. The van der Waals surface area contributed by atoms with E-state index < -0.39 is 0 Å². The summed E-state index contributed by atoms with van der Waals surface area (Å²) in [7, 11) is 1.42. The number of methoxy groups -OCH3 is 1. The van der Waals surface area contributed by atoms with Crippen LogP contribution in [-0.2, 0) is 9.53 Å². The summed E-state index contributed by atoms with van der Waals surface area (Å²) in [6, 6.07) is -0.0324. The summed E-state index contributed by atoms with van der Waals surface area (Å²) in [5, 5.41) is 3.03. The first kappa shape index (κ1) is 9.72. The van der Waals surface area contributed by atoms with Crippen molar-refractivity contribution >= 4 is 18.4 Å². The molecule has 60 valence electrons. The molecule has 1 aliphatic rings. The predicted octanol–water partition coefficient (Wildman–Crippen LogP) is 0.333. The van der Waals surface area contributed by atoms with Gasteiger partial charge in [0.05, 0.1) is 7.11 Å². The Hall–Kier alpha value is -0.280. The normalized spacial score (nSPS) is 23.5. The molecule has 0 aromatic carbocycles. The lowest BCUT2D eigenvalue weighted by atomic mass is 10.2. The van der Waals surface area contributed by atoms with E-state index in [9.17, 15) is 4.79 Å². The molecule has 1 atom stereocenters. The second-order valence-electron chi connectivity index (χ2n) is 2.17. The molecule has 4 heteroatoms. The van der Waals surface area contributed by atoms with Gasteiger partial charge in [0.1, 0.15) is 6.04 Å². The first-order valence-electron chi connectivity index (χ1n) is 3.16. The van der Waals surface area contributed by atoms with Crippen molar-refractivity contribution in [3.63, 3.8) is 0 Å². The van der Waals surface area contributed by atoms with Crippen molar-refractivity contribution in [2.24, 2.45) is 0 Å². The fraction of sp³-hybridized carbons (Fsp3) is 0.833. The van der Waals surface area contributed by atoms with Crippen LogP contribution in [0.1, 0.15) is 12.8 Å². The summed E-state index contributed by atoms with van der Waals surface area (Å²) in [5.41, 5.74) is 0. The molecule has 0 saturated carbocycles. The zero-order valence-electron chi connectivity index (χ0n) is 5.92. The Morgan fingerprint density at radius 3 is 2.80 bits per heavy atom. The van der Waals surface area contributed by atoms with Crippen LogP contribution in [0.4, 0.5) is 0 Å². The van der Waals surface area contributed by atoms with E-state index in [1.165, 1.54) is 7.11 Å². The van der Waals surface area contributed by atoms with Gasteiger partial charge in [0, 0.05) is 0 Å². The molecule has 0 aromatic heterocycles. The molecule has 1 N–H and O–H groups in total. The first-order chi connectivity index (χ1) is 4.34. The number of carbonyl (C=O) groups excluding carboxylic acids is 1. The van der Waals surface area contributed by atoms with Crippen LogP contribution in [0, 0.1) is 0 Å². The largest absolute Gasteiger partial charge is 0.468 e. The molecule has 3 nitrogen and oxygen atoms in total. The van der Waals surface area contributed by atoms with Gasteiger partial charge >= 0.3 is 5.97 Å². The molecule has 0 unspecified atom stereocenters. The van der Waals surface area contributed by atoms with Crippen molar-refractivity contribution in [3.05, 3.63) is 0 Å². The van der Waals surface area contributed by atoms with E-state index in [-0.39, 0.29) is 24.4 Å². The van der Waals surface area contributed by atoms with Crippen LogP contribution in [-0.4, -0.2) is 25.7 Å². The number of halogens is 1. The predicted molar refractivity (Wildman–Crippen MR) is 40.3 cm³/mol. The first-order valence-corrected chi connectivity index (χ1v) is 3.16. The molecule has 0 bridgehead atoms. The summed E-state index contributed by atoms with van der Waals surface area (Å²) in [5.74, 6) is -0.132. The SMILES string of the molecule is COC(=O)[C@@H]1CCCN1.Cl. The lowest BCUT2D eigenvalue weighted by Crippen LogP contribution is -2.31. The minimum atomic E-state index is -0.132. The number of hydrogen-bond donors (Lipinski definition) is 1. The standard InChI is InChI=1S/C6H11NO2.ClH/c1-9-6(8)5-3-2-4-7-5;/h5,7H,2-4H2,1H3;1H/t5-;/m0./s1. The maximum absolute atomic E-state index is 10.7. The lowest BCUT2D eigenvalue weighted by molar-refractivity contribution is -0.142. The van der Waals surface area contributed by atoms with Gasteiger partial charge in [-0.05, 0) is 19.4 Å². The van der Waals surface area contributed by atoms with Crippen molar-refractivity contribution in [1.82, 2.24) is 5.32 Å². The van der Waals surface area contributed by atoms with Crippen molar-refractivity contribution < 1.29 is 9.53 Å². The van der Waals surface area contributed by atoms with Gasteiger partial charge in [0.25, 0.3) is 0 Å². The number of nitrogens with one attached hydrogen (secondary N) is 1. The minimum absolute atomic E-state index is 0. The molecule has 0 amide bonds. The zero-order chi connectivity index (χ0) is 6.69. The molecular weight excluding hydrogens is 154 g/mol. The number of ether oxygens (including phenoxy) is 1. The van der Waals surface area contributed by atoms with Gasteiger partial charge in [-0.2, -0.15) is 0 Å². The highest BCUT2D eigenvalue weighted by molar-refractivity contribution is 5.85. The van der Waals surface area contributed by atoms with E-state index in [0.717, 1.165) is 19.4 Å². The van der Waals surface area contributed by atoms with Gasteiger partial charge in [0.15, 0.2) is 0 Å².